The van der Waals surface area contributed by atoms with Crippen LogP contribution in [0.4, 0.5) is 0 Å². The van der Waals surface area contributed by atoms with Crippen LogP contribution in [-0.4, -0.2) is 0 Å². The van der Waals surface area contributed by atoms with Crippen molar-refractivity contribution in [2.45, 2.75) is 20.3 Å². The topological polar surface area (TPSA) is 0 Å². The third-order valence-electron chi connectivity index (χ3n) is 1.19. The summed E-state index contributed by atoms with van der Waals surface area (Å²) in [6.45, 7) is 4.50. The summed E-state index contributed by atoms with van der Waals surface area (Å²) in [5.41, 5.74) is 0. The lowest BCUT2D eigenvalue weighted by Gasteiger charge is -1.98. The lowest BCUT2D eigenvalue weighted by atomic mass is 10.1. The molecule has 0 aliphatic heterocycles. The molecule has 0 saturated carbocycles. The number of hydrogen-bond donors (Lipinski definition) is 0. The lowest BCUT2D eigenvalue weighted by molar-refractivity contribution is 0.654. The SMILES string of the molecule is CC(C)Cc1cccs1. The number of rotatable bonds is 2. The van der Waals surface area contributed by atoms with Gasteiger partial charge in [-0.2, -0.15) is 0 Å². The van der Waals surface area contributed by atoms with Crippen LogP contribution in [0.3, 0.4) is 0 Å². The van der Waals surface area contributed by atoms with Crippen molar-refractivity contribution in [2.24, 2.45) is 5.92 Å². The smallest absolute Gasteiger partial charge is 0.00477 e. The van der Waals surface area contributed by atoms with Gasteiger partial charge in [-0.15, -0.1) is 11.3 Å². The van der Waals surface area contributed by atoms with Gasteiger partial charge in [-0.3, -0.25) is 0 Å². The van der Waals surface area contributed by atoms with Gasteiger partial charge in [0.25, 0.3) is 0 Å². The molecule has 1 heterocycles. The zero-order chi connectivity index (χ0) is 6.69. The monoisotopic (exact) mass is 140 g/mol. The summed E-state index contributed by atoms with van der Waals surface area (Å²) < 4.78 is 0. The molecule has 0 fully saturated rings. The molecule has 9 heavy (non-hydrogen) atoms. The largest absolute Gasteiger partial charge is 0.149 e. The Morgan fingerprint density at radius 1 is 1.56 bits per heavy atom. The van der Waals surface area contributed by atoms with E-state index in [4.69, 9.17) is 0 Å². The van der Waals surface area contributed by atoms with Gasteiger partial charge in [0.1, 0.15) is 0 Å². The molecule has 50 valence electrons. The summed E-state index contributed by atoms with van der Waals surface area (Å²) in [6, 6.07) is 4.31. The highest BCUT2D eigenvalue weighted by molar-refractivity contribution is 7.09. The molecule has 0 amide bonds. The second-order valence-corrected chi connectivity index (χ2v) is 3.71. The Bertz CT molecular complexity index is 151. The minimum atomic E-state index is 0.795. The molecule has 0 aliphatic carbocycles. The van der Waals surface area contributed by atoms with E-state index in [0.29, 0.717) is 0 Å². The van der Waals surface area contributed by atoms with E-state index in [0.717, 1.165) is 5.92 Å². The first-order valence-electron chi connectivity index (χ1n) is 3.31. The Morgan fingerprint density at radius 3 is 2.78 bits per heavy atom. The first-order chi connectivity index (χ1) is 4.29. The van der Waals surface area contributed by atoms with Crippen molar-refractivity contribution >= 4 is 11.3 Å². The fourth-order valence-corrected chi connectivity index (χ4v) is 1.75. The second-order valence-electron chi connectivity index (χ2n) is 2.68. The number of hydrogen-bond acceptors (Lipinski definition) is 1. The van der Waals surface area contributed by atoms with Crippen LogP contribution in [0.2, 0.25) is 0 Å². The van der Waals surface area contributed by atoms with E-state index in [9.17, 15) is 0 Å². The second kappa shape index (κ2) is 3.02. The van der Waals surface area contributed by atoms with E-state index >= 15 is 0 Å². The van der Waals surface area contributed by atoms with Crippen molar-refractivity contribution in [3.05, 3.63) is 22.4 Å². The van der Waals surface area contributed by atoms with E-state index in [1.54, 1.807) is 0 Å². The van der Waals surface area contributed by atoms with Gasteiger partial charge in [-0.05, 0) is 23.8 Å². The van der Waals surface area contributed by atoms with Crippen LogP contribution in [0.25, 0.3) is 0 Å². The van der Waals surface area contributed by atoms with Crippen molar-refractivity contribution < 1.29 is 0 Å². The average Bonchev–Trinajstić information content (AvgIpc) is 2.15. The predicted octanol–water partition coefficient (Wildman–Crippen LogP) is 2.95. The summed E-state index contributed by atoms with van der Waals surface area (Å²) >= 11 is 1.85. The molecule has 0 N–H and O–H groups in total. The molecule has 0 nitrogen and oxygen atoms in total. The summed E-state index contributed by atoms with van der Waals surface area (Å²) in [5, 5.41) is 2.14. The van der Waals surface area contributed by atoms with Crippen molar-refractivity contribution in [2.75, 3.05) is 0 Å². The van der Waals surface area contributed by atoms with Gasteiger partial charge in [-0.25, -0.2) is 0 Å². The van der Waals surface area contributed by atoms with Gasteiger partial charge in [0.05, 0.1) is 0 Å². The predicted molar refractivity (Wildman–Crippen MR) is 42.9 cm³/mol. The fraction of sp³-hybridized carbons (Fsp3) is 0.500. The zero-order valence-corrected chi connectivity index (χ0v) is 6.74. The first-order valence-corrected chi connectivity index (χ1v) is 4.19. The third-order valence-corrected chi connectivity index (χ3v) is 2.09. The van der Waals surface area contributed by atoms with E-state index in [-0.39, 0.29) is 0 Å². The Hall–Kier alpha value is -0.300. The van der Waals surface area contributed by atoms with E-state index in [1.165, 1.54) is 11.3 Å². The van der Waals surface area contributed by atoms with Gasteiger partial charge in [-0.1, -0.05) is 19.9 Å². The van der Waals surface area contributed by atoms with Crippen molar-refractivity contribution in [3.63, 3.8) is 0 Å². The normalized spacial score (nSPS) is 10.6. The Kier molecular flexibility index (Phi) is 2.29. The molecule has 1 aromatic rings. The molecule has 0 aliphatic rings. The highest BCUT2D eigenvalue weighted by Crippen LogP contribution is 2.13. The van der Waals surface area contributed by atoms with Crippen LogP contribution in [0.1, 0.15) is 18.7 Å². The maximum absolute atomic E-state index is 2.25. The van der Waals surface area contributed by atoms with Crippen molar-refractivity contribution in [1.82, 2.24) is 0 Å². The Balaban J connectivity index is 2.48. The standard InChI is InChI=1S/C8H12S/c1-7(2)6-8-4-3-5-9-8/h3-5,7H,6H2,1-2H3. The van der Waals surface area contributed by atoms with Gasteiger partial charge in [0.15, 0.2) is 0 Å². The van der Waals surface area contributed by atoms with Crippen LogP contribution in [0.15, 0.2) is 17.5 Å². The Labute approximate surface area is 60.5 Å². The summed E-state index contributed by atoms with van der Waals surface area (Å²) in [6.07, 6.45) is 1.23. The van der Waals surface area contributed by atoms with Gasteiger partial charge >= 0.3 is 0 Å². The molecule has 0 radical (unpaired) electrons. The quantitative estimate of drug-likeness (QED) is 0.592. The molecule has 0 atom stereocenters. The van der Waals surface area contributed by atoms with Crippen LogP contribution in [-0.2, 0) is 6.42 Å². The molecule has 1 rings (SSSR count). The molecular formula is C8H12S. The molecule has 1 aromatic heterocycles. The molecule has 1 heteroatoms. The summed E-state index contributed by atoms with van der Waals surface area (Å²) in [5.74, 6) is 0.795. The molecule has 0 saturated heterocycles. The van der Waals surface area contributed by atoms with E-state index < -0.39 is 0 Å². The van der Waals surface area contributed by atoms with Gasteiger partial charge in [0, 0.05) is 4.88 Å². The molecule has 0 spiro atoms. The number of thiophene rings is 1. The minimum Gasteiger partial charge on any atom is -0.149 e. The maximum atomic E-state index is 2.25. The third kappa shape index (κ3) is 2.19. The van der Waals surface area contributed by atoms with E-state index in [1.807, 2.05) is 11.3 Å². The van der Waals surface area contributed by atoms with Crippen molar-refractivity contribution in [1.29, 1.82) is 0 Å². The van der Waals surface area contributed by atoms with Crippen molar-refractivity contribution in [3.8, 4) is 0 Å². The highest BCUT2D eigenvalue weighted by atomic mass is 32.1. The van der Waals surface area contributed by atoms with Crippen LogP contribution in [0.5, 0.6) is 0 Å². The minimum absolute atomic E-state index is 0.795. The zero-order valence-electron chi connectivity index (χ0n) is 5.92. The fourth-order valence-electron chi connectivity index (χ4n) is 0.831. The van der Waals surface area contributed by atoms with Crippen LogP contribution >= 0.6 is 11.3 Å². The molecule has 0 unspecified atom stereocenters. The van der Waals surface area contributed by atoms with Crippen LogP contribution in [0, 0.1) is 5.92 Å². The summed E-state index contributed by atoms with van der Waals surface area (Å²) in [7, 11) is 0. The maximum Gasteiger partial charge on any atom is 0.00477 e. The van der Waals surface area contributed by atoms with Crippen LogP contribution < -0.4 is 0 Å². The van der Waals surface area contributed by atoms with Gasteiger partial charge in [0.2, 0.25) is 0 Å². The molecule has 0 bridgehead atoms. The Morgan fingerprint density at radius 2 is 2.33 bits per heavy atom. The molecular weight excluding hydrogens is 128 g/mol. The lowest BCUT2D eigenvalue weighted by Crippen LogP contribution is -1.89. The van der Waals surface area contributed by atoms with Gasteiger partial charge < -0.3 is 0 Å². The molecule has 0 aromatic carbocycles. The van der Waals surface area contributed by atoms with E-state index in [2.05, 4.69) is 31.4 Å². The highest BCUT2D eigenvalue weighted by Gasteiger charge is 1.95. The summed E-state index contributed by atoms with van der Waals surface area (Å²) in [4.78, 5) is 1.50. The average molecular weight is 140 g/mol. The first kappa shape index (κ1) is 6.81.